The first kappa shape index (κ1) is 19.2. The minimum atomic E-state index is -0.668. The van der Waals surface area contributed by atoms with Crippen molar-refractivity contribution in [3.63, 3.8) is 0 Å². The van der Waals surface area contributed by atoms with Gasteiger partial charge in [0.1, 0.15) is 5.69 Å². The van der Waals surface area contributed by atoms with Gasteiger partial charge in [0, 0.05) is 26.2 Å². The Kier molecular flexibility index (Phi) is 4.87. The average molecular weight is 397 g/mol. The molecule has 0 aliphatic carbocycles. The van der Waals surface area contributed by atoms with Crippen LogP contribution < -0.4 is 0 Å². The number of aryl methyl sites for hydroxylation is 1. The second kappa shape index (κ2) is 7.36. The van der Waals surface area contributed by atoms with E-state index in [0.29, 0.717) is 31.7 Å². The number of hydrogen-bond donors (Lipinski definition) is 1. The zero-order chi connectivity index (χ0) is 20.6. The Morgan fingerprint density at radius 3 is 2.62 bits per heavy atom. The van der Waals surface area contributed by atoms with E-state index >= 15 is 0 Å². The first-order valence-electron chi connectivity index (χ1n) is 9.54. The number of aromatic nitrogens is 1. The predicted octanol–water partition coefficient (Wildman–Crippen LogP) is 1.64. The summed E-state index contributed by atoms with van der Waals surface area (Å²) in [4.78, 5) is 38.0. The summed E-state index contributed by atoms with van der Waals surface area (Å²) < 4.78 is 8.08. The molecule has 0 saturated carbocycles. The van der Waals surface area contributed by atoms with Crippen LogP contribution in [0.1, 0.15) is 34.9 Å². The maximum atomic E-state index is 13.0. The molecule has 3 aliphatic heterocycles. The third-order valence-corrected chi connectivity index (χ3v) is 6.06. The van der Waals surface area contributed by atoms with E-state index in [2.05, 4.69) is 0 Å². The Hall–Kier alpha value is -3.13. The van der Waals surface area contributed by atoms with Crippen molar-refractivity contribution in [2.45, 2.75) is 30.7 Å². The maximum absolute atomic E-state index is 13.0. The number of nitrogens with zero attached hydrogens (tertiary/aromatic N) is 3. The van der Waals surface area contributed by atoms with Crippen LogP contribution in [0.15, 0.2) is 48.7 Å². The molecule has 0 bridgehead atoms. The predicted molar refractivity (Wildman–Crippen MR) is 103 cm³/mol. The number of rotatable bonds is 2. The number of hydrogen-bond acceptors (Lipinski definition) is 4. The van der Waals surface area contributed by atoms with Gasteiger partial charge in [0.25, 0.3) is 12.4 Å². The molecule has 8 nitrogen and oxygen atoms in total. The van der Waals surface area contributed by atoms with Crippen LogP contribution in [0.3, 0.4) is 0 Å². The van der Waals surface area contributed by atoms with Crippen molar-refractivity contribution in [1.82, 2.24) is 14.4 Å². The standard InChI is InChI=1S/C20H21N3O3.CH2O2/c1-21-10-5-8-15(21)19(25)22-11-9-20-17(22)12-18(24)23(20)16(13-26-20)14-6-3-2-4-7-14;2-1-3/h2-8,10,16-17H,9,11-13H2,1H3;1H,(H,2,3)/t16-,17+,20-;/m0./s1. The fraction of sp³-hybridized carbons (Fsp3) is 0.381. The molecular formula is C21H23N3O5. The zero-order valence-corrected chi connectivity index (χ0v) is 16.1. The van der Waals surface area contributed by atoms with Crippen molar-refractivity contribution < 1.29 is 24.2 Å². The normalized spacial score (nSPS) is 27.3. The quantitative estimate of drug-likeness (QED) is 0.778. The highest BCUT2D eigenvalue weighted by Crippen LogP contribution is 2.51. The minimum absolute atomic E-state index is 0.0270. The van der Waals surface area contributed by atoms with Gasteiger partial charge in [0.2, 0.25) is 5.91 Å². The molecule has 152 valence electrons. The highest BCUT2D eigenvalue weighted by molar-refractivity contribution is 5.94. The lowest BCUT2D eigenvalue weighted by Gasteiger charge is -2.33. The van der Waals surface area contributed by atoms with Gasteiger partial charge < -0.3 is 24.2 Å². The molecule has 8 heteroatoms. The zero-order valence-electron chi connectivity index (χ0n) is 16.1. The van der Waals surface area contributed by atoms with Crippen LogP contribution in [-0.4, -0.2) is 62.7 Å². The van der Waals surface area contributed by atoms with Crippen LogP contribution in [0.2, 0.25) is 0 Å². The lowest BCUT2D eigenvalue weighted by atomic mass is 10.0. The largest absolute Gasteiger partial charge is 0.483 e. The van der Waals surface area contributed by atoms with Crippen LogP contribution in [0.25, 0.3) is 0 Å². The number of carbonyl (C=O) groups excluding carboxylic acids is 2. The second-order valence-corrected chi connectivity index (χ2v) is 7.42. The molecule has 2 amide bonds. The van der Waals surface area contributed by atoms with E-state index in [0.717, 1.165) is 5.56 Å². The van der Waals surface area contributed by atoms with Gasteiger partial charge in [0.15, 0.2) is 5.72 Å². The lowest BCUT2D eigenvalue weighted by Crippen LogP contribution is -2.49. The number of ether oxygens (including phenoxy) is 1. The van der Waals surface area contributed by atoms with Crippen LogP contribution in [0.5, 0.6) is 0 Å². The fourth-order valence-electron chi connectivity index (χ4n) is 4.84. The molecule has 1 aromatic heterocycles. The van der Waals surface area contributed by atoms with Gasteiger partial charge in [-0.25, -0.2) is 0 Å². The molecule has 0 radical (unpaired) electrons. The van der Waals surface area contributed by atoms with Crippen LogP contribution in [0, 0.1) is 0 Å². The molecule has 5 rings (SSSR count). The first-order valence-corrected chi connectivity index (χ1v) is 9.54. The van der Waals surface area contributed by atoms with E-state index < -0.39 is 5.72 Å². The van der Waals surface area contributed by atoms with Gasteiger partial charge in [-0.05, 0) is 17.7 Å². The topological polar surface area (TPSA) is 92.1 Å². The molecule has 1 spiro atoms. The summed E-state index contributed by atoms with van der Waals surface area (Å²) in [5, 5.41) is 6.89. The summed E-state index contributed by atoms with van der Waals surface area (Å²) in [5.74, 6) is 0.0477. The van der Waals surface area contributed by atoms with Gasteiger partial charge in [-0.1, -0.05) is 30.3 Å². The van der Waals surface area contributed by atoms with Gasteiger partial charge >= 0.3 is 0 Å². The first-order chi connectivity index (χ1) is 14.0. The highest BCUT2D eigenvalue weighted by atomic mass is 16.5. The molecule has 1 aromatic carbocycles. The van der Waals surface area contributed by atoms with Crippen molar-refractivity contribution in [2.75, 3.05) is 13.2 Å². The summed E-state index contributed by atoms with van der Waals surface area (Å²) in [6, 6.07) is 13.4. The summed E-state index contributed by atoms with van der Waals surface area (Å²) in [5.41, 5.74) is 1.06. The average Bonchev–Trinajstić information content (AvgIpc) is 3.45. The number of benzene rings is 1. The van der Waals surface area contributed by atoms with Crippen molar-refractivity contribution in [1.29, 1.82) is 0 Å². The van der Waals surface area contributed by atoms with Crippen molar-refractivity contribution >= 4 is 18.3 Å². The molecule has 4 heterocycles. The van der Waals surface area contributed by atoms with Crippen molar-refractivity contribution in [3.05, 3.63) is 59.9 Å². The van der Waals surface area contributed by atoms with Gasteiger partial charge in [-0.3, -0.25) is 14.4 Å². The number of amides is 2. The lowest BCUT2D eigenvalue weighted by molar-refractivity contribution is -0.138. The van der Waals surface area contributed by atoms with E-state index in [9.17, 15) is 9.59 Å². The van der Waals surface area contributed by atoms with Crippen LogP contribution in [0.4, 0.5) is 0 Å². The smallest absolute Gasteiger partial charge is 0.290 e. The van der Waals surface area contributed by atoms with Crippen molar-refractivity contribution in [3.8, 4) is 0 Å². The molecule has 3 aliphatic rings. The molecule has 3 fully saturated rings. The van der Waals surface area contributed by atoms with Gasteiger partial charge in [0.05, 0.1) is 25.1 Å². The minimum Gasteiger partial charge on any atom is -0.483 e. The molecule has 0 unspecified atom stereocenters. The van der Waals surface area contributed by atoms with E-state index in [4.69, 9.17) is 14.6 Å². The van der Waals surface area contributed by atoms with E-state index in [1.165, 1.54) is 0 Å². The highest BCUT2D eigenvalue weighted by Gasteiger charge is 2.65. The number of carboxylic acid groups (broad SMARTS) is 1. The summed E-state index contributed by atoms with van der Waals surface area (Å²) in [7, 11) is 1.86. The van der Waals surface area contributed by atoms with Crippen LogP contribution in [-0.2, 0) is 21.4 Å². The van der Waals surface area contributed by atoms with Crippen molar-refractivity contribution in [2.24, 2.45) is 7.05 Å². The third-order valence-electron chi connectivity index (χ3n) is 6.06. The number of carbonyl (C=O) groups is 3. The summed E-state index contributed by atoms with van der Waals surface area (Å²) in [6.45, 7) is 0.846. The third kappa shape index (κ3) is 2.91. The molecule has 1 N–H and O–H groups in total. The van der Waals surface area contributed by atoms with E-state index in [-0.39, 0.29) is 30.4 Å². The summed E-state index contributed by atoms with van der Waals surface area (Å²) in [6.07, 6.45) is 2.87. The molecular weight excluding hydrogens is 374 g/mol. The maximum Gasteiger partial charge on any atom is 0.290 e. The SMILES string of the molecule is Cn1cccc1C(=O)N1CC[C@@]23OC[C@@H](c4ccccc4)N2C(=O)C[C@@H]13.O=CO. The van der Waals surface area contributed by atoms with E-state index in [1.54, 1.807) is 0 Å². The summed E-state index contributed by atoms with van der Waals surface area (Å²) >= 11 is 0. The Balaban J connectivity index is 0.000000645. The Bertz CT molecular complexity index is 927. The van der Waals surface area contributed by atoms with Gasteiger partial charge in [-0.15, -0.1) is 0 Å². The number of likely N-dealkylation sites (tertiary alicyclic amines) is 1. The van der Waals surface area contributed by atoms with Crippen LogP contribution >= 0.6 is 0 Å². The van der Waals surface area contributed by atoms with E-state index in [1.807, 2.05) is 70.1 Å². The van der Waals surface area contributed by atoms with Gasteiger partial charge in [-0.2, -0.15) is 0 Å². The molecule has 2 aromatic rings. The molecule has 3 atom stereocenters. The molecule has 3 saturated heterocycles. The monoisotopic (exact) mass is 397 g/mol. The second-order valence-electron chi connectivity index (χ2n) is 7.42. The Labute approximate surface area is 168 Å². The fourth-order valence-corrected chi connectivity index (χ4v) is 4.84. The molecule has 29 heavy (non-hydrogen) atoms. The Morgan fingerprint density at radius 1 is 1.24 bits per heavy atom. The Morgan fingerprint density at radius 2 is 1.97 bits per heavy atom.